The van der Waals surface area contributed by atoms with Crippen LogP contribution in [0.15, 0.2) is 41.9 Å². The standard InChI is InChI=1S/C18H22N6O2S/c1-23-12-17(20-13-23)27(25,26)21-10-11-24-16-8-3-2-6-14(16)18(22-24)15-7-4-5-9-19-15/h4-5,7,9,12-13,21H,2-3,6,8,10-11H2,1H3. The highest BCUT2D eigenvalue weighted by Gasteiger charge is 2.23. The Kier molecular flexibility index (Phi) is 4.79. The van der Waals surface area contributed by atoms with Gasteiger partial charge >= 0.3 is 0 Å². The summed E-state index contributed by atoms with van der Waals surface area (Å²) in [5.41, 5.74) is 4.22. The van der Waals surface area contributed by atoms with E-state index < -0.39 is 10.0 Å². The number of aromatic nitrogens is 5. The van der Waals surface area contributed by atoms with E-state index in [9.17, 15) is 8.42 Å². The van der Waals surface area contributed by atoms with Gasteiger partial charge in [0.1, 0.15) is 5.69 Å². The maximum absolute atomic E-state index is 12.3. The fourth-order valence-corrected chi connectivity index (χ4v) is 4.45. The smallest absolute Gasteiger partial charge is 0.259 e. The maximum atomic E-state index is 12.3. The predicted molar refractivity (Wildman–Crippen MR) is 100 cm³/mol. The number of rotatable bonds is 6. The maximum Gasteiger partial charge on any atom is 0.259 e. The van der Waals surface area contributed by atoms with Crippen molar-refractivity contribution in [3.63, 3.8) is 0 Å². The van der Waals surface area contributed by atoms with Crippen molar-refractivity contribution in [2.75, 3.05) is 6.54 Å². The Morgan fingerprint density at radius 3 is 2.78 bits per heavy atom. The second kappa shape index (κ2) is 7.24. The summed E-state index contributed by atoms with van der Waals surface area (Å²) >= 11 is 0. The molecule has 0 fully saturated rings. The van der Waals surface area contributed by atoms with Gasteiger partial charge in [0, 0.05) is 37.2 Å². The highest BCUT2D eigenvalue weighted by molar-refractivity contribution is 7.89. The minimum atomic E-state index is -3.61. The van der Waals surface area contributed by atoms with E-state index >= 15 is 0 Å². The molecule has 9 heteroatoms. The first kappa shape index (κ1) is 17.9. The van der Waals surface area contributed by atoms with Crippen LogP contribution in [0.4, 0.5) is 0 Å². The zero-order valence-electron chi connectivity index (χ0n) is 15.2. The van der Waals surface area contributed by atoms with Gasteiger partial charge in [-0.1, -0.05) is 6.07 Å². The first-order valence-corrected chi connectivity index (χ1v) is 10.5. The molecule has 0 bridgehead atoms. The second-order valence-electron chi connectivity index (χ2n) is 6.69. The number of nitrogens with one attached hydrogen (secondary N) is 1. The van der Waals surface area contributed by atoms with Crippen LogP contribution in [0.3, 0.4) is 0 Å². The molecule has 1 N–H and O–H groups in total. The summed E-state index contributed by atoms with van der Waals surface area (Å²) in [4.78, 5) is 8.34. The lowest BCUT2D eigenvalue weighted by Gasteiger charge is -2.14. The summed E-state index contributed by atoms with van der Waals surface area (Å²) in [6.07, 6.45) is 8.94. The lowest BCUT2D eigenvalue weighted by atomic mass is 9.95. The SMILES string of the molecule is Cn1cnc(S(=O)(=O)NCCn2nc(-c3ccccn3)c3c2CCCC3)c1. The van der Waals surface area contributed by atoms with Crippen LogP contribution in [0.1, 0.15) is 24.1 Å². The third kappa shape index (κ3) is 3.65. The predicted octanol–water partition coefficient (Wildman–Crippen LogP) is 1.54. The van der Waals surface area contributed by atoms with Gasteiger partial charge in [-0.3, -0.25) is 9.67 Å². The van der Waals surface area contributed by atoms with E-state index in [1.54, 1.807) is 17.8 Å². The summed E-state index contributed by atoms with van der Waals surface area (Å²) in [7, 11) is -1.87. The molecule has 0 unspecified atom stereocenters. The van der Waals surface area contributed by atoms with Crippen LogP contribution < -0.4 is 4.72 Å². The number of aryl methyl sites for hydroxylation is 1. The Morgan fingerprint density at radius 2 is 2.04 bits per heavy atom. The van der Waals surface area contributed by atoms with Crippen LogP contribution in [0.2, 0.25) is 0 Å². The fourth-order valence-electron chi connectivity index (χ4n) is 3.45. The van der Waals surface area contributed by atoms with E-state index in [2.05, 4.69) is 14.7 Å². The van der Waals surface area contributed by atoms with Gasteiger partial charge < -0.3 is 4.57 Å². The highest BCUT2D eigenvalue weighted by atomic mass is 32.2. The quantitative estimate of drug-likeness (QED) is 0.693. The van der Waals surface area contributed by atoms with Gasteiger partial charge in [-0.15, -0.1) is 0 Å². The van der Waals surface area contributed by atoms with Crippen molar-refractivity contribution in [2.45, 2.75) is 37.3 Å². The van der Waals surface area contributed by atoms with Crippen molar-refractivity contribution in [3.05, 3.63) is 48.2 Å². The zero-order chi connectivity index (χ0) is 18.9. The molecule has 1 aliphatic carbocycles. The number of nitrogens with zero attached hydrogens (tertiary/aromatic N) is 5. The average Bonchev–Trinajstić information content (AvgIpc) is 3.27. The highest BCUT2D eigenvalue weighted by Crippen LogP contribution is 2.30. The number of sulfonamides is 1. The van der Waals surface area contributed by atoms with E-state index in [4.69, 9.17) is 5.10 Å². The minimum absolute atomic E-state index is 0.0293. The molecule has 0 saturated heterocycles. The van der Waals surface area contributed by atoms with Crippen LogP contribution in [0.5, 0.6) is 0 Å². The number of pyridine rings is 1. The molecule has 4 rings (SSSR count). The normalized spacial score (nSPS) is 14.3. The van der Waals surface area contributed by atoms with E-state index in [0.29, 0.717) is 6.54 Å². The van der Waals surface area contributed by atoms with Crippen molar-refractivity contribution < 1.29 is 8.42 Å². The van der Waals surface area contributed by atoms with Gasteiger partial charge in [0.25, 0.3) is 10.0 Å². The molecule has 8 nitrogen and oxygen atoms in total. The topological polar surface area (TPSA) is 94.7 Å². The van der Waals surface area contributed by atoms with Gasteiger partial charge in [-0.25, -0.2) is 18.1 Å². The van der Waals surface area contributed by atoms with Gasteiger partial charge in [0.15, 0.2) is 5.03 Å². The first-order valence-electron chi connectivity index (χ1n) is 9.02. The van der Waals surface area contributed by atoms with Crippen molar-refractivity contribution in [1.82, 2.24) is 29.0 Å². The first-order chi connectivity index (χ1) is 13.0. The monoisotopic (exact) mass is 386 g/mol. The molecule has 0 atom stereocenters. The third-order valence-corrected chi connectivity index (χ3v) is 6.08. The van der Waals surface area contributed by atoms with Crippen molar-refractivity contribution >= 4 is 10.0 Å². The van der Waals surface area contributed by atoms with Crippen LogP contribution >= 0.6 is 0 Å². The number of imidazole rings is 1. The summed E-state index contributed by atoms with van der Waals surface area (Å²) in [5, 5.41) is 4.79. The molecule has 1 aliphatic rings. The molecular weight excluding hydrogens is 364 g/mol. The van der Waals surface area contributed by atoms with E-state index in [1.165, 1.54) is 23.8 Å². The molecule has 0 aliphatic heterocycles. The van der Waals surface area contributed by atoms with E-state index in [1.807, 2.05) is 22.9 Å². The van der Waals surface area contributed by atoms with Crippen LogP contribution in [0, 0.1) is 0 Å². The van der Waals surface area contributed by atoms with Crippen LogP contribution in [-0.4, -0.2) is 39.3 Å². The lowest BCUT2D eigenvalue weighted by molar-refractivity contribution is 0.537. The summed E-state index contributed by atoms with van der Waals surface area (Å²) in [6.45, 7) is 0.732. The van der Waals surface area contributed by atoms with Crippen molar-refractivity contribution in [3.8, 4) is 11.4 Å². The molecule has 3 aromatic heterocycles. The number of hydrogen-bond donors (Lipinski definition) is 1. The Labute approximate surface area is 158 Å². The zero-order valence-corrected chi connectivity index (χ0v) is 16.0. The van der Waals surface area contributed by atoms with E-state index in [0.717, 1.165) is 37.1 Å². The number of fused-ring (bicyclic) bond motifs is 1. The molecule has 0 saturated carbocycles. The van der Waals surface area contributed by atoms with E-state index in [-0.39, 0.29) is 11.6 Å². The van der Waals surface area contributed by atoms with Gasteiger partial charge in [0.05, 0.1) is 18.6 Å². The molecule has 0 aromatic carbocycles. The molecule has 3 aromatic rings. The van der Waals surface area contributed by atoms with Crippen LogP contribution in [-0.2, 0) is 36.5 Å². The molecule has 0 spiro atoms. The third-order valence-electron chi connectivity index (χ3n) is 4.74. The fraction of sp³-hybridized carbons (Fsp3) is 0.389. The summed E-state index contributed by atoms with van der Waals surface area (Å²) in [6, 6.07) is 5.81. The second-order valence-corrected chi connectivity index (χ2v) is 8.41. The Hall–Kier alpha value is -2.52. The molecule has 3 heterocycles. The van der Waals surface area contributed by atoms with Crippen molar-refractivity contribution in [1.29, 1.82) is 0 Å². The van der Waals surface area contributed by atoms with Gasteiger partial charge in [-0.2, -0.15) is 5.10 Å². The van der Waals surface area contributed by atoms with Gasteiger partial charge in [-0.05, 0) is 37.8 Å². The van der Waals surface area contributed by atoms with Gasteiger partial charge in [0.2, 0.25) is 0 Å². The van der Waals surface area contributed by atoms with Crippen LogP contribution in [0.25, 0.3) is 11.4 Å². The minimum Gasteiger partial charge on any atom is -0.339 e. The number of hydrogen-bond acceptors (Lipinski definition) is 5. The molecule has 0 radical (unpaired) electrons. The lowest BCUT2D eigenvalue weighted by Crippen LogP contribution is -2.28. The largest absolute Gasteiger partial charge is 0.339 e. The average molecular weight is 386 g/mol. The molecule has 0 amide bonds. The van der Waals surface area contributed by atoms with Crippen molar-refractivity contribution in [2.24, 2.45) is 7.05 Å². The Balaban J connectivity index is 1.53. The molecule has 27 heavy (non-hydrogen) atoms. The summed E-state index contributed by atoms with van der Waals surface area (Å²) in [5.74, 6) is 0. The summed E-state index contributed by atoms with van der Waals surface area (Å²) < 4.78 is 30.8. The Bertz CT molecular complexity index is 1040. The molecular formula is C18H22N6O2S. The molecule has 142 valence electrons. The Morgan fingerprint density at radius 1 is 1.19 bits per heavy atom.